The Morgan fingerprint density at radius 2 is 1.87 bits per heavy atom. The standard InChI is InChI=1S/C17H26N2O2Si2/c1-17(2,16(20-22-3)21-23-4)9-10-19-12-13(11-18)14-7-5-6-8-15(14)19/h5-8,12,16H,9-10,22-23H2,1-4H3. The third-order valence-electron chi connectivity index (χ3n) is 4.18. The zero-order chi connectivity index (χ0) is 16.9. The maximum atomic E-state index is 9.31. The first-order valence-corrected chi connectivity index (χ1v) is 12.2. The molecule has 1 aromatic heterocycles. The summed E-state index contributed by atoms with van der Waals surface area (Å²) in [6, 6.07) is 10.4. The molecule has 0 saturated carbocycles. The van der Waals surface area contributed by atoms with Gasteiger partial charge in [-0.15, -0.1) is 0 Å². The van der Waals surface area contributed by atoms with Gasteiger partial charge in [0.25, 0.3) is 0 Å². The summed E-state index contributed by atoms with van der Waals surface area (Å²) >= 11 is 0. The molecule has 0 bridgehead atoms. The largest absolute Gasteiger partial charge is 0.400 e. The van der Waals surface area contributed by atoms with Gasteiger partial charge < -0.3 is 13.4 Å². The topological polar surface area (TPSA) is 47.2 Å². The van der Waals surface area contributed by atoms with Crippen molar-refractivity contribution in [3.63, 3.8) is 0 Å². The number of hydrogen-bond acceptors (Lipinski definition) is 3. The Morgan fingerprint density at radius 3 is 2.48 bits per heavy atom. The van der Waals surface area contributed by atoms with Crippen LogP contribution in [0.4, 0.5) is 0 Å². The summed E-state index contributed by atoms with van der Waals surface area (Å²) in [5.74, 6) is 0. The Labute approximate surface area is 143 Å². The Kier molecular flexibility index (Phi) is 6.19. The Hall–Kier alpha value is -1.40. The molecule has 0 aliphatic heterocycles. The van der Waals surface area contributed by atoms with Gasteiger partial charge in [0, 0.05) is 29.1 Å². The molecule has 2 rings (SSSR count). The highest BCUT2D eigenvalue weighted by Gasteiger charge is 2.30. The molecular formula is C17H26N2O2Si2. The highest BCUT2D eigenvalue weighted by Crippen LogP contribution is 2.30. The summed E-state index contributed by atoms with van der Waals surface area (Å²) < 4.78 is 14.1. The van der Waals surface area contributed by atoms with Crippen molar-refractivity contribution in [3.05, 3.63) is 36.0 Å². The van der Waals surface area contributed by atoms with Gasteiger partial charge in [-0.2, -0.15) is 5.26 Å². The molecule has 0 aliphatic rings. The van der Waals surface area contributed by atoms with Crippen LogP contribution in [-0.2, 0) is 15.4 Å². The van der Waals surface area contributed by atoms with Crippen molar-refractivity contribution in [2.45, 2.75) is 46.2 Å². The van der Waals surface area contributed by atoms with Crippen LogP contribution < -0.4 is 0 Å². The van der Waals surface area contributed by atoms with Crippen LogP contribution >= 0.6 is 0 Å². The van der Waals surface area contributed by atoms with Gasteiger partial charge in [0.15, 0.2) is 19.5 Å². The normalized spacial score (nSPS) is 14.2. The molecule has 0 atom stereocenters. The maximum absolute atomic E-state index is 9.31. The van der Waals surface area contributed by atoms with Crippen molar-refractivity contribution in [1.82, 2.24) is 4.57 Å². The second-order valence-corrected chi connectivity index (χ2v) is 8.17. The molecule has 0 aliphatic carbocycles. The SMILES string of the molecule is C[SiH2]OC(O[SiH2]C)C(C)(C)CCn1cc(C#N)c2ccccc21. The van der Waals surface area contributed by atoms with E-state index in [9.17, 15) is 5.26 Å². The van der Waals surface area contributed by atoms with Crippen molar-refractivity contribution in [2.75, 3.05) is 0 Å². The van der Waals surface area contributed by atoms with Crippen LogP contribution in [0.15, 0.2) is 30.5 Å². The number of nitrogens with zero attached hydrogens (tertiary/aromatic N) is 2. The molecular weight excluding hydrogens is 320 g/mol. The number of aryl methyl sites for hydroxylation is 1. The number of benzene rings is 1. The molecule has 6 heteroatoms. The number of hydrogen-bond donors (Lipinski definition) is 0. The Morgan fingerprint density at radius 1 is 1.22 bits per heavy atom. The lowest BCUT2D eigenvalue weighted by molar-refractivity contribution is -0.0832. The lowest BCUT2D eigenvalue weighted by Crippen LogP contribution is -2.36. The van der Waals surface area contributed by atoms with Gasteiger partial charge in [-0.1, -0.05) is 45.1 Å². The van der Waals surface area contributed by atoms with Crippen LogP contribution in [0.2, 0.25) is 13.1 Å². The van der Waals surface area contributed by atoms with Gasteiger partial charge in [0.1, 0.15) is 12.4 Å². The van der Waals surface area contributed by atoms with Crippen molar-refractivity contribution in [2.24, 2.45) is 5.41 Å². The molecule has 0 fully saturated rings. The summed E-state index contributed by atoms with van der Waals surface area (Å²) in [5.41, 5.74) is 1.82. The van der Waals surface area contributed by atoms with E-state index >= 15 is 0 Å². The minimum Gasteiger partial charge on any atom is -0.400 e. The van der Waals surface area contributed by atoms with Crippen LogP contribution in [0.1, 0.15) is 25.8 Å². The van der Waals surface area contributed by atoms with Crippen molar-refractivity contribution >= 4 is 30.4 Å². The number of para-hydroxylation sites is 1. The van der Waals surface area contributed by atoms with E-state index in [0.29, 0.717) is 0 Å². The van der Waals surface area contributed by atoms with Gasteiger partial charge in [-0.05, 0) is 12.5 Å². The van der Waals surface area contributed by atoms with E-state index in [0.717, 1.165) is 29.4 Å². The van der Waals surface area contributed by atoms with Gasteiger partial charge in [-0.25, -0.2) is 0 Å². The van der Waals surface area contributed by atoms with E-state index in [4.69, 9.17) is 8.85 Å². The number of aromatic nitrogens is 1. The molecule has 4 nitrogen and oxygen atoms in total. The molecule has 0 unspecified atom stereocenters. The van der Waals surface area contributed by atoms with Gasteiger partial charge in [-0.3, -0.25) is 0 Å². The molecule has 0 amide bonds. The molecule has 0 saturated heterocycles. The average Bonchev–Trinajstić information content (AvgIpc) is 2.91. The summed E-state index contributed by atoms with van der Waals surface area (Å²) in [4.78, 5) is 0. The van der Waals surface area contributed by atoms with Gasteiger partial charge >= 0.3 is 0 Å². The molecule has 1 aromatic carbocycles. The smallest absolute Gasteiger partial charge is 0.161 e. The van der Waals surface area contributed by atoms with Crippen LogP contribution in [-0.4, -0.2) is 30.4 Å². The molecule has 124 valence electrons. The summed E-state index contributed by atoms with van der Waals surface area (Å²) in [6.45, 7) is 9.56. The van der Waals surface area contributed by atoms with E-state index in [1.165, 1.54) is 0 Å². The quantitative estimate of drug-likeness (QED) is 0.545. The molecule has 0 radical (unpaired) electrons. The molecule has 0 N–H and O–H groups in total. The molecule has 2 aromatic rings. The fourth-order valence-corrected chi connectivity index (χ4v) is 4.74. The molecule has 1 heterocycles. The Bertz CT molecular complexity index is 685. The third kappa shape index (κ3) is 4.12. The van der Waals surface area contributed by atoms with Crippen LogP contribution in [0, 0.1) is 16.7 Å². The first-order valence-electron chi connectivity index (χ1n) is 8.24. The number of fused-ring (bicyclic) bond motifs is 1. The maximum Gasteiger partial charge on any atom is 0.161 e. The fourth-order valence-electron chi connectivity index (χ4n) is 2.85. The lowest BCUT2D eigenvalue weighted by Gasteiger charge is -2.34. The summed E-state index contributed by atoms with van der Waals surface area (Å²) in [5, 5.41) is 10.3. The van der Waals surface area contributed by atoms with Gasteiger partial charge in [0.05, 0.1) is 5.56 Å². The van der Waals surface area contributed by atoms with E-state index < -0.39 is 19.5 Å². The van der Waals surface area contributed by atoms with Crippen molar-refractivity contribution < 1.29 is 8.85 Å². The van der Waals surface area contributed by atoms with Crippen molar-refractivity contribution in [3.8, 4) is 6.07 Å². The Balaban J connectivity index is 2.18. The predicted molar refractivity (Wildman–Crippen MR) is 99.8 cm³/mol. The molecule has 0 spiro atoms. The monoisotopic (exact) mass is 346 g/mol. The predicted octanol–water partition coefficient (Wildman–Crippen LogP) is 2.55. The lowest BCUT2D eigenvalue weighted by atomic mass is 9.88. The number of nitriles is 1. The van der Waals surface area contributed by atoms with Crippen LogP contribution in [0.3, 0.4) is 0 Å². The minimum absolute atomic E-state index is 0.0375. The highest BCUT2D eigenvalue weighted by atomic mass is 28.2. The third-order valence-corrected chi connectivity index (χ3v) is 5.45. The highest BCUT2D eigenvalue weighted by molar-refractivity contribution is 6.26. The number of rotatable bonds is 8. The average molecular weight is 347 g/mol. The zero-order valence-electron chi connectivity index (χ0n) is 14.5. The van der Waals surface area contributed by atoms with Gasteiger partial charge in [0.2, 0.25) is 0 Å². The molecule has 23 heavy (non-hydrogen) atoms. The second kappa shape index (κ2) is 7.93. The second-order valence-electron chi connectivity index (χ2n) is 6.35. The van der Waals surface area contributed by atoms with Crippen LogP contribution in [0.5, 0.6) is 0 Å². The van der Waals surface area contributed by atoms with Crippen LogP contribution in [0.25, 0.3) is 10.9 Å². The van der Waals surface area contributed by atoms with E-state index in [1.807, 2.05) is 24.4 Å². The van der Waals surface area contributed by atoms with Crippen molar-refractivity contribution in [1.29, 1.82) is 5.26 Å². The van der Waals surface area contributed by atoms with E-state index in [1.54, 1.807) is 0 Å². The minimum atomic E-state index is -0.499. The summed E-state index contributed by atoms with van der Waals surface area (Å²) in [7, 11) is -0.998. The first-order chi connectivity index (χ1) is 11.0. The van der Waals surface area contributed by atoms with E-state index in [-0.39, 0.29) is 11.7 Å². The van der Waals surface area contributed by atoms with E-state index in [2.05, 4.69) is 43.6 Å². The zero-order valence-corrected chi connectivity index (χ0v) is 17.3. The summed E-state index contributed by atoms with van der Waals surface area (Å²) in [6.07, 6.45) is 2.82. The first kappa shape index (κ1) is 17.9. The fraction of sp³-hybridized carbons (Fsp3) is 0.471.